The van der Waals surface area contributed by atoms with Crippen molar-refractivity contribution < 1.29 is 8.78 Å². The van der Waals surface area contributed by atoms with Crippen molar-refractivity contribution in [1.82, 2.24) is 19.7 Å². The third kappa shape index (κ3) is 4.60. The van der Waals surface area contributed by atoms with Crippen molar-refractivity contribution in [1.29, 1.82) is 0 Å². The number of anilines is 1. The molecule has 2 aromatic heterocycles. The highest BCUT2D eigenvalue weighted by Crippen LogP contribution is 2.15. The van der Waals surface area contributed by atoms with E-state index in [4.69, 9.17) is 11.6 Å². The maximum Gasteiger partial charge on any atom is 0.267 e. The quantitative estimate of drug-likeness (QED) is 0.714. The molecule has 26 heavy (non-hydrogen) atoms. The molecule has 6 nitrogen and oxygen atoms in total. The number of hydrogen-bond donors (Lipinski definition) is 1. The summed E-state index contributed by atoms with van der Waals surface area (Å²) in [6, 6.07) is 10.1. The zero-order valence-electron chi connectivity index (χ0n) is 13.4. The molecule has 0 aliphatic carbocycles. The summed E-state index contributed by atoms with van der Waals surface area (Å²) in [4.78, 5) is 20.0. The lowest BCUT2D eigenvalue weighted by Crippen LogP contribution is -2.22. The minimum atomic E-state index is -2.49. The molecule has 0 radical (unpaired) electrons. The summed E-state index contributed by atoms with van der Waals surface area (Å²) >= 11 is 5.86. The zero-order valence-corrected chi connectivity index (χ0v) is 14.2. The lowest BCUT2D eigenvalue weighted by molar-refractivity contribution is 0.163. The highest BCUT2D eigenvalue weighted by molar-refractivity contribution is 6.30. The van der Waals surface area contributed by atoms with Gasteiger partial charge in [-0.15, -0.1) is 0 Å². The topological polar surface area (TPSA) is 72.7 Å². The largest absolute Gasteiger partial charge is 0.348 e. The molecule has 0 saturated heterocycles. The Kier molecular flexibility index (Phi) is 5.52. The van der Waals surface area contributed by atoms with Crippen LogP contribution in [0.25, 0.3) is 11.3 Å². The molecule has 0 aliphatic rings. The summed E-state index contributed by atoms with van der Waals surface area (Å²) in [5.74, 6) is 0.100. The van der Waals surface area contributed by atoms with Crippen molar-refractivity contribution in [2.24, 2.45) is 0 Å². The van der Waals surface area contributed by atoms with Crippen molar-refractivity contribution in [3.63, 3.8) is 0 Å². The third-order valence-corrected chi connectivity index (χ3v) is 3.73. The molecule has 0 unspecified atom stereocenters. The van der Waals surface area contributed by atoms with Crippen LogP contribution < -0.4 is 10.9 Å². The van der Waals surface area contributed by atoms with Crippen molar-refractivity contribution in [3.05, 3.63) is 69.7 Å². The summed E-state index contributed by atoms with van der Waals surface area (Å²) in [6.07, 6.45) is 0.428. The van der Waals surface area contributed by atoms with Crippen LogP contribution in [0.3, 0.4) is 0 Å². The van der Waals surface area contributed by atoms with E-state index >= 15 is 0 Å². The Morgan fingerprint density at radius 1 is 1.08 bits per heavy atom. The molecule has 134 valence electrons. The number of alkyl halides is 2. The average Bonchev–Trinajstić information content (AvgIpc) is 2.64. The Hall–Kier alpha value is -2.87. The summed E-state index contributed by atoms with van der Waals surface area (Å²) in [6.45, 7) is -0.234. The second-order valence-electron chi connectivity index (χ2n) is 5.41. The number of hydrogen-bond acceptors (Lipinski definition) is 5. The van der Waals surface area contributed by atoms with Crippen LogP contribution in [-0.4, -0.2) is 32.7 Å². The maximum absolute atomic E-state index is 12.2. The Bertz CT molecular complexity index is 929. The fourth-order valence-corrected chi connectivity index (χ4v) is 2.32. The molecular weight excluding hydrogens is 364 g/mol. The minimum absolute atomic E-state index is 0.100. The molecule has 3 aromatic rings. The van der Waals surface area contributed by atoms with Crippen LogP contribution in [0.15, 0.2) is 53.6 Å². The Balaban J connectivity index is 1.80. The standard InChI is InChI=1S/C17H14ClF2N5O/c18-13-3-1-11(2-4-13)10-25-16(26)6-5-14(24-25)12-7-21-17(22-8-12)23-9-15(19)20/h1-8,15H,9-10H2,(H,21,22,23). The molecule has 0 amide bonds. The fourth-order valence-electron chi connectivity index (χ4n) is 2.20. The first-order valence-corrected chi connectivity index (χ1v) is 8.06. The van der Waals surface area contributed by atoms with Gasteiger partial charge in [-0.25, -0.2) is 23.4 Å². The molecule has 0 spiro atoms. The predicted molar refractivity (Wildman–Crippen MR) is 94.6 cm³/mol. The lowest BCUT2D eigenvalue weighted by atomic mass is 10.2. The highest BCUT2D eigenvalue weighted by atomic mass is 35.5. The average molecular weight is 378 g/mol. The third-order valence-electron chi connectivity index (χ3n) is 3.47. The zero-order chi connectivity index (χ0) is 18.5. The molecule has 0 atom stereocenters. The fraction of sp³-hybridized carbons (Fsp3) is 0.176. The van der Waals surface area contributed by atoms with E-state index in [-0.39, 0.29) is 11.5 Å². The van der Waals surface area contributed by atoms with Crippen molar-refractivity contribution in [2.75, 3.05) is 11.9 Å². The van der Waals surface area contributed by atoms with Gasteiger partial charge >= 0.3 is 0 Å². The Labute approximate surface area is 152 Å². The van der Waals surface area contributed by atoms with Gasteiger partial charge in [-0.1, -0.05) is 23.7 Å². The smallest absolute Gasteiger partial charge is 0.267 e. The van der Waals surface area contributed by atoms with Crippen LogP contribution in [0.4, 0.5) is 14.7 Å². The number of aromatic nitrogens is 4. The van der Waals surface area contributed by atoms with Gasteiger partial charge in [0.25, 0.3) is 12.0 Å². The summed E-state index contributed by atoms with van der Waals surface area (Å²) in [5, 5.41) is 7.35. The van der Waals surface area contributed by atoms with Crippen molar-refractivity contribution in [3.8, 4) is 11.3 Å². The first-order valence-electron chi connectivity index (χ1n) is 7.68. The van der Waals surface area contributed by atoms with Crippen molar-refractivity contribution in [2.45, 2.75) is 13.0 Å². The molecule has 0 aliphatic heterocycles. The second-order valence-corrected chi connectivity index (χ2v) is 5.84. The molecule has 0 saturated carbocycles. The van der Waals surface area contributed by atoms with E-state index in [1.807, 2.05) is 12.1 Å². The van der Waals surface area contributed by atoms with Gasteiger partial charge in [-0.3, -0.25) is 4.79 Å². The van der Waals surface area contributed by atoms with Gasteiger partial charge in [0.05, 0.1) is 18.8 Å². The molecular formula is C17H14ClF2N5O. The van der Waals surface area contributed by atoms with Gasteiger partial charge in [0.2, 0.25) is 5.95 Å². The van der Waals surface area contributed by atoms with E-state index in [9.17, 15) is 13.6 Å². The molecule has 1 N–H and O–H groups in total. The minimum Gasteiger partial charge on any atom is -0.348 e. The number of nitrogens with one attached hydrogen (secondary N) is 1. The molecule has 9 heteroatoms. The Morgan fingerprint density at radius 2 is 1.77 bits per heavy atom. The van der Waals surface area contributed by atoms with E-state index in [1.165, 1.54) is 23.1 Å². The van der Waals surface area contributed by atoms with Crippen molar-refractivity contribution >= 4 is 17.5 Å². The molecule has 2 heterocycles. The van der Waals surface area contributed by atoms with E-state index in [1.54, 1.807) is 18.2 Å². The van der Waals surface area contributed by atoms with Crippen LogP contribution >= 0.6 is 11.6 Å². The monoisotopic (exact) mass is 377 g/mol. The van der Waals surface area contributed by atoms with Crippen LogP contribution in [0, 0.1) is 0 Å². The van der Waals surface area contributed by atoms with E-state index in [0.717, 1.165) is 5.56 Å². The Morgan fingerprint density at radius 3 is 2.42 bits per heavy atom. The SMILES string of the molecule is O=c1ccc(-c2cnc(NCC(F)F)nc2)nn1Cc1ccc(Cl)cc1. The summed E-state index contributed by atoms with van der Waals surface area (Å²) in [5.41, 5.74) is 1.69. The van der Waals surface area contributed by atoms with Gasteiger partial charge in [-0.2, -0.15) is 5.10 Å². The first-order chi connectivity index (χ1) is 12.5. The number of rotatable bonds is 6. The molecule has 3 rings (SSSR count). The molecule has 0 bridgehead atoms. The van der Waals surface area contributed by atoms with Gasteiger partial charge in [-0.05, 0) is 23.8 Å². The lowest BCUT2D eigenvalue weighted by Gasteiger charge is -2.08. The van der Waals surface area contributed by atoms with Crippen LogP contribution in [0.1, 0.15) is 5.56 Å². The number of benzene rings is 1. The maximum atomic E-state index is 12.2. The van der Waals surface area contributed by atoms with Gasteiger partial charge < -0.3 is 5.32 Å². The first kappa shape index (κ1) is 17.9. The van der Waals surface area contributed by atoms with Gasteiger partial charge in [0, 0.05) is 29.0 Å². The normalized spacial score (nSPS) is 10.9. The second kappa shape index (κ2) is 8.01. The van der Waals surface area contributed by atoms with Gasteiger partial charge in [0.15, 0.2) is 0 Å². The number of halogens is 3. The van der Waals surface area contributed by atoms with E-state index in [0.29, 0.717) is 22.8 Å². The number of nitrogens with zero attached hydrogens (tertiary/aromatic N) is 4. The van der Waals surface area contributed by atoms with Crippen LogP contribution in [0.2, 0.25) is 5.02 Å². The van der Waals surface area contributed by atoms with Crippen LogP contribution in [0.5, 0.6) is 0 Å². The van der Waals surface area contributed by atoms with E-state index in [2.05, 4.69) is 20.4 Å². The predicted octanol–water partition coefficient (Wildman–Crippen LogP) is 3.08. The van der Waals surface area contributed by atoms with E-state index < -0.39 is 13.0 Å². The summed E-state index contributed by atoms with van der Waals surface area (Å²) in [7, 11) is 0. The summed E-state index contributed by atoms with van der Waals surface area (Å²) < 4.78 is 25.7. The molecule has 0 fully saturated rings. The van der Waals surface area contributed by atoms with Crippen LogP contribution in [-0.2, 0) is 6.54 Å². The highest BCUT2D eigenvalue weighted by Gasteiger charge is 2.07. The molecule has 1 aromatic carbocycles. The van der Waals surface area contributed by atoms with Gasteiger partial charge in [0.1, 0.15) is 0 Å².